The Morgan fingerprint density at radius 2 is 1.69 bits per heavy atom. The van der Waals surface area contributed by atoms with Crippen molar-refractivity contribution in [2.45, 2.75) is 108 Å². The van der Waals surface area contributed by atoms with Gasteiger partial charge in [-0.05, 0) is 51.3 Å². The van der Waals surface area contributed by atoms with Gasteiger partial charge in [-0.3, -0.25) is 19.7 Å². The highest BCUT2D eigenvalue weighted by molar-refractivity contribution is 8.76. The molecule has 3 amide bonds. The fourth-order valence-corrected chi connectivity index (χ4v) is 10.1. The molecule has 0 radical (unpaired) electrons. The van der Waals surface area contributed by atoms with Gasteiger partial charge in [0.1, 0.15) is 40.7 Å². The molecule has 4 bridgehead atoms. The van der Waals surface area contributed by atoms with Gasteiger partial charge in [0.15, 0.2) is 5.72 Å². The van der Waals surface area contributed by atoms with E-state index in [4.69, 9.17) is 35.3 Å². The third-order valence-electron chi connectivity index (χ3n) is 12.0. The standard InChI is InChI=1S/C45H53ClF5N3O12S2/c1-22-11-9-12-29(62-8)45(60)21-28(63-43(59)52-45)23(2)41-44(4,66-41)30(20-32(56)54(6)26-18-25(17-22)19-27(61-7)34(26)46)64-42(58)24(3)53(5)31(55)14-16-68-67-15-10-13-33(57)65-40-38(50)36(48)35(47)37(49)39(40)51/h9,11-12,18-19,23-24,28-30,41,60H,10,13-17,20-21H2,1-8H3,(H,52,59)/b12-9+,22-11+/t23-,24+,28+,29-,30+,41+,44+,45+/m1/s1. The van der Waals surface area contributed by atoms with Crippen LogP contribution in [0.2, 0.25) is 5.02 Å². The van der Waals surface area contributed by atoms with Gasteiger partial charge in [-0.2, -0.15) is 8.78 Å². The van der Waals surface area contributed by atoms with E-state index < -0.39 is 125 Å². The molecule has 374 valence electrons. The molecular weight excluding hydrogens is 969 g/mol. The Labute approximate surface area is 402 Å². The van der Waals surface area contributed by atoms with Crippen molar-refractivity contribution >= 4 is 68.7 Å². The Morgan fingerprint density at radius 1 is 1.04 bits per heavy atom. The van der Waals surface area contributed by atoms with E-state index in [0.29, 0.717) is 17.9 Å². The average Bonchev–Trinajstić information content (AvgIpc) is 4.00. The zero-order chi connectivity index (χ0) is 50.4. The summed E-state index contributed by atoms with van der Waals surface area (Å²) in [6.07, 6.45) is -0.200. The van der Waals surface area contributed by atoms with Crippen LogP contribution in [0.5, 0.6) is 11.5 Å². The molecule has 68 heavy (non-hydrogen) atoms. The molecule has 0 aromatic heterocycles. The number of nitrogens with zero attached hydrogens (tertiary/aromatic N) is 2. The summed E-state index contributed by atoms with van der Waals surface area (Å²) in [6, 6.07) is 2.33. The average molecular weight is 1020 g/mol. The molecular formula is C45H53ClF5N3O12S2. The number of carbonyl (C=O) groups excluding carboxylic acids is 5. The number of epoxide rings is 1. The monoisotopic (exact) mass is 1020 g/mol. The zero-order valence-corrected chi connectivity index (χ0v) is 40.8. The van der Waals surface area contributed by atoms with Crippen LogP contribution in [0.4, 0.5) is 32.4 Å². The third-order valence-corrected chi connectivity index (χ3v) is 14.9. The second kappa shape index (κ2) is 22.9. The number of ether oxygens (including phenoxy) is 6. The Balaban J connectivity index is 1.26. The molecule has 3 heterocycles. The summed E-state index contributed by atoms with van der Waals surface area (Å²) in [7, 11) is 8.24. The van der Waals surface area contributed by atoms with Gasteiger partial charge in [-0.1, -0.05) is 63.9 Å². The largest absolute Gasteiger partial charge is 0.495 e. The predicted octanol–water partition coefficient (Wildman–Crippen LogP) is 7.37. The minimum atomic E-state index is -2.38. The highest BCUT2D eigenvalue weighted by Gasteiger charge is 2.64. The smallest absolute Gasteiger partial charge is 0.409 e. The minimum absolute atomic E-state index is 0.0408. The summed E-state index contributed by atoms with van der Waals surface area (Å²) in [5.74, 6) is -15.9. The number of aliphatic hydroxyl groups is 1. The Bertz CT molecular complexity index is 2300. The molecule has 3 aliphatic rings. The first-order chi connectivity index (χ1) is 32.0. The number of amides is 3. The van der Waals surface area contributed by atoms with Crippen LogP contribution in [0.3, 0.4) is 0 Å². The molecule has 2 saturated heterocycles. The van der Waals surface area contributed by atoms with Crippen LogP contribution < -0.4 is 19.7 Å². The van der Waals surface area contributed by atoms with Crippen LogP contribution >= 0.6 is 33.2 Å². The number of rotatable bonds is 14. The van der Waals surface area contributed by atoms with Crippen molar-refractivity contribution in [2.24, 2.45) is 5.92 Å². The van der Waals surface area contributed by atoms with Crippen LogP contribution in [0.15, 0.2) is 35.9 Å². The number of alkyl carbamates (subject to hydrolysis) is 1. The van der Waals surface area contributed by atoms with Gasteiger partial charge >= 0.3 is 18.0 Å². The number of methoxy groups -OCH3 is 2. The highest BCUT2D eigenvalue weighted by Crippen LogP contribution is 2.49. The lowest BCUT2D eigenvalue weighted by molar-refractivity contribution is -0.162. The van der Waals surface area contributed by atoms with Crippen LogP contribution in [0.25, 0.3) is 0 Å². The summed E-state index contributed by atoms with van der Waals surface area (Å²) in [4.78, 5) is 68.9. The van der Waals surface area contributed by atoms with Gasteiger partial charge in [0.25, 0.3) is 0 Å². The maximum Gasteiger partial charge on any atom is 0.409 e. The molecule has 2 fully saturated rings. The number of fused-ring (bicyclic) bond motifs is 5. The van der Waals surface area contributed by atoms with Crippen molar-refractivity contribution in [3.8, 4) is 11.5 Å². The van der Waals surface area contributed by atoms with Gasteiger partial charge < -0.3 is 43.3 Å². The molecule has 8 atom stereocenters. The maximum absolute atomic E-state index is 14.2. The van der Waals surface area contributed by atoms with Crippen molar-refractivity contribution in [3.05, 3.63) is 75.6 Å². The van der Waals surface area contributed by atoms with Crippen LogP contribution in [-0.2, 0) is 44.5 Å². The van der Waals surface area contributed by atoms with Crippen LogP contribution in [-0.4, -0.2) is 121 Å². The van der Waals surface area contributed by atoms with Crippen molar-refractivity contribution in [2.75, 3.05) is 44.7 Å². The number of esters is 2. The van der Waals surface area contributed by atoms with Gasteiger partial charge in [-0.25, -0.2) is 22.8 Å². The Morgan fingerprint density at radius 3 is 2.34 bits per heavy atom. The number of halogens is 6. The fraction of sp³-hybridized carbons (Fsp3) is 0.533. The number of allylic oxidation sites excluding steroid dienone is 3. The van der Waals surface area contributed by atoms with Crippen LogP contribution in [0.1, 0.15) is 65.4 Å². The second-order valence-electron chi connectivity index (χ2n) is 16.8. The van der Waals surface area contributed by atoms with Crippen molar-refractivity contribution in [1.29, 1.82) is 0 Å². The zero-order valence-electron chi connectivity index (χ0n) is 38.4. The third kappa shape index (κ3) is 12.4. The van der Waals surface area contributed by atoms with E-state index in [1.54, 1.807) is 38.1 Å². The number of benzene rings is 2. The Kier molecular flexibility index (Phi) is 18.3. The Hall–Kier alpha value is -4.61. The van der Waals surface area contributed by atoms with E-state index in [1.807, 2.05) is 13.0 Å². The SMILES string of the molecule is COc1cc2cc(c1Cl)N(C)C(=O)C[C@H](OC(=O)[C@H](C)N(C)C(=O)CCSSCCCC(=O)Oc1c(F)c(F)c(F)c(F)c1F)[C@]1(C)O[C@H]1[C@H](C)[C@@H]1C[C@@](O)(NC(=O)O1)[C@H](OC)/C=C/C=C(\C)C2. The van der Waals surface area contributed by atoms with Crippen molar-refractivity contribution < 1.29 is 79.5 Å². The topological polar surface area (TPSA) is 183 Å². The normalized spacial score (nSPS) is 26.8. The summed E-state index contributed by atoms with van der Waals surface area (Å²) >= 11 is 6.77. The van der Waals surface area contributed by atoms with E-state index in [9.17, 15) is 51.0 Å². The summed E-state index contributed by atoms with van der Waals surface area (Å²) in [6.45, 7) is 6.72. The van der Waals surface area contributed by atoms with E-state index in [1.165, 1.54) is 66.6 Å². The molecule has 15 nitrogen and oxygen atoms in total. The lowest BCUT2D eigenvalue weighted by Crippen LogP contribution is -2.63. The van der Waals surface area contributed by atoms with E-state index in [-0.39, 0.29) is 35.8 Å². The van der Waals surface area contributed by atoms with Crippen molar-refractivity contribution in [1.82, 2.24) is 10.2 Å². The van der Waals surface area contributed by atoms with Crippen molar-refractivity contribution in [3.63, 3.8) is 0 Å². The fourth-order valence-electron chi connectivity index (χ4n) is 7.76. The second-order valence-corrected chi connectivity index (χ2v) is 19.9. The molecule has 0 spiro atoms. The van der Waals surface area contributed by atoms with Crippen LogP contribution in [0, 0.1) is 35.0 Å². The molecule has 2 N–H and O–H groups in total. The summed E-state index contributed by atoms with van der Waals surface area (Å²) in [5, 5.41) is 14.4. The summed E-state index contributed by atoms with van der Waals surface area (Å²) < 4.78 is 101. The lowest BCUT2D eigenvalue weighted by atomic mass is 9.83. The quantitative estimate of drug-likeness (QED) is 0.0280. The number of carbonyl (C=O) groups is 5. The molecule has 23 heteroatoms. The molecule has 0 unspecified atom stereocenters. The highest BCUT2D eigenvalue weighted by atomic mass is 35.5. The number of nitrogens with one attached hydrogen (secondary N) is 1. The first kappa shape index (κ1) is 54.3. The maximum atomic E-state index is 14.2. The number of hydrogen-bond acceptors (Lipinski definition) is 14. The molecule has 5 rings (SSSR count). The molecule has 2 aromatic carbocycles. The number of likely N-dealkylation sites (N-methyl/N-ethyl adjacent to an activating group) is 1. The predicted molar refractivity (Wildman–Crippen MR) is 242 cm³/mol. The van der Waals surface area contributed by atoms with Gasteiger partial charge in [0.2, 0.25) is 46.6 Å². The molecule has 0 saturated carbocycles. The molecule has 2 aromatic rings. The van der Waals surface area contributed by atoms with Gasteiger partial charge in [0.05, 0.1) is 25.3 Å². The van der Waals surface area contributed by atoms with E-state index in [0.717, 1.165) is 11.1 Å². The lowest BCUT2D eigenvalue weighted by Gasteiger charge is -2.42. The first-order valence-electron chi connectivity index (χ1n) is 21.3. The van der Waals surface area contributed by atoms with E-state index in [2.05, 4.69) is 10.1 Å². The van der Waals surface area contributed by atoms with Gasteiger partial charge in [-0.15, -0.1) is 0 Å². The number of hydrogen-bond donors (Lipinski definition) is 2. The molecule has 0 aliphatic carbocycles. The number of anilines is 1. The first-order valence-corrected chi connectivity index (χ1v) is 24.2. The van der Waals surface area contributed by atoms with Gasteiger partial charge in [0, 0.05) is 57.9 Å². The minimum Gasteiger partial charge on any atom is -0.495 e. The molecule has 3 aliphatic heterocycles. The summed E-state index contributed by atoms with van der Waals surface area (Å²) in [5.41, 5.74) is -1.29. The van der Waals surface area contributed by atoms with E-state index >= 15 is 0 Å².